The molecule has 0 saturated heterocycles. The maximum absolute atomic E-state index is 12.8. The van der Waals surface area contributed by atoms with Crippen molar-refractivity contribution in [1.29, 1.82) is 0 Å². The van der Waals surface area contributed by atoms with Gasteiger partial charge in [0.05, 0.1) is 6.04 Å². The first kappa shape index (κ1) is 22.9. The fourth-order valence-corrected chi connectivity index (χ4v) is 4.42. The summed E-state index contributed by atoms with van der Waals surface area (Å²) >= 11 is 0. The lowest BCUT2D eigenvalue weighted by Gasteiger charge is -2.14. The lowest BCUT2D eigenvalue weighted by molar-refractivity contribution is -0.119. The van der Waals surface area contributed by atoms with Gasteiger partial charge in [-0.3, -0.25) is 19.2 Å². The first-order valence-electron chi connectivity index (χ1n) is 11.2. The molecule has 0 saturated carbocycles. The lowest BCUT2D eigenvalue weighted by Crippen LogP contribution is -2.39. The van der Waals surface area contributed by atoms with E-state index in [0.29, 0.717) is 22.2 Å². The van der Waals surface area contributed by atoms with Crippen molar-refractivity contribution in [2.24, 2.45) is 0 Å². The Hall–Kier alpha value is -4.85. The topological polar surface area (TPSA) is 133 Å². The molecule has 0 radical (unpaired) electrons. The minimum absolute atomic E-state index is 0.0634. The summed E-state index contributed by atoms with van der Waals surface area (Å²) in [6, 6.07) is 16.1. The zero-order chi connectivity index (χ0) is 25.6. The van der Waals surface area contributed by atoms with Crippen LogP contribution in [0.4, 0.5) is 0 Å². The van der Waals surface area contributed by atoms with Crippen LogP contribution >= 0.6 is 0 Å². The number of aromatic nitrogens is 1. The molecular formula is C28H20N2O6. The molecule has 4 aromatic rings. The van der Waals surface area contributed by atoms with E-state index in [2.05, 4.69) is 10.3 Å². The van der Waals surface area contributed by atoms with Gasteiger partial charge in [0.25, 0.3) is 5.91 Å². The van der Waals surface area contributed by atoms with Crippen LogP contribution in [0.5, 0.6) is 0 Å². The van der Waals surface area contributed by atoms with Crippen LogP contribution in [-0.2, 0) is 11.2 Å². The maximum Gasteiger partial charge on any atom is 0.341 e. The molecule has 3 N–H and O–H groups in total. The van der Waals surface area contributed by atoms with Gasteiger partial charge in [0.2, 0.25) is 5.43 Å². The maximum atomic E-state index is 12.8. The molecule has 0 fully saturated rings. The van der Waals surface area contributed by atoms with E-state index in [1.165, 1.54) is 6.07 Å². The number of carbonyl (C=O) groups excluding carboxylic acids is 3. The number of nitrogens with one attached hydrogen (secondary N) is 2. The summed E-state index contributed by atoms with van der Waals surface area (Å²) in [4.78, 5) is 64.8. The summed E-state index contributed by atoms with van der Waals surface area (Å²) in [5.41, 5.74) is 2.86. The van der Waals surface area contributed by atoms with Gasteiger partial charge in [-0.05, 0) is 47.9 Å². The van der Waals surface area contributed by atoms with E-state index < -0.39 is 23.3 Å². The minimum Gasteiger partial charge on any atom is -0.477 e. The number of benzene rings is 3. The number of ketones is 2. The van der Waals surface area contributed by atoms with Crippen molar-refractivity contribution < 1.29 is 24.3 Å². The number of hydrogen-bond acceptors (Lipinski definition) is 5. The fourth-order valence-electron chi connectivity index (χ4n) is 4.42. The van der Waals surface area contributed by atoms with Crippen molar-refractivity contribution in [3.63, 3.8) is 0 Å². The molecule has 1 heterocycles. The van der Waals surface area contributed by atoms with Gasteiger partial charge in [-0.2, -0.15) is 0 Å². The molecule has 1 aromatic heterocycles. The first-order valence-corrected chi connectivity index (χ1v) is 11.2. The number of pyridine rings is 1. The Morgan fingerprint density at radius 2 is 1.64 bits per heavy atom. The van der Waals surface area contributed by atoms with Crippen LogP contribution < -0.4 is 10.7 Å². The number of H-pyrrole nitrogens is 1. The predicted octanol–water partition coefficient (Wildman–Crippen LogP) is 3.37. The smallest absolute Gasteiger partial charge is 0.341 e. The van der Waals surface area contributed by atoms with Gasteiger partial charge in [-0.25, -0.2) is 4.79 Å². The molecule has 36 heavy (non-hydrogen) atoms. The second-order valence-electron chi connectivity index (χ2n) is 8.69. The second kappa shape index (κ2) is 8.74. The summed E-state index contributed by atoms with van der Waals surface area (Å²) in [6.07, 6.45) is 1.08. The van der Waals surface area contributed by atoms with Crippen molar-refractivity contribution in [2.75, 3.05) is 0 Å². The zero-order valence-corrected chi connectivity index (χ0v) is 19.1. The number of carbonyl (C=O) groups is 4. The largest absolute Gasteiger partial charge is 0.477 e. The minimum atomic E-state index is -1.34. The molecule has 3 aromatic carbocycles. The number of amides is 1. The number of Topliss-reactive ketones (excluding diaryl/α,β-unsaturated/α-hetero) is 1. The Morgan fingerprint density at radius 1 is 0.917 bits per heavy atom. The predicted molar refractivity (Wildman–Crippen MR) is 132 cm³/mol. The van der Waals surface area contributed by atoms with E-state index in [0.717, 1.165) is 17.3 Å². The molecule has 0 bridgehead atoms. The van der Waals surface area contributed by atoms with E-state index in [9.17, 15) is 24.0 Å². The van der Waals surface area contributed by atoms with Crippen LogP contribution in [0.1, 0.15) is 49.1 Å². The molecule has 1 amide bonds. The van der Waals surface area contributed by atoms with Crippen LogP contribution in [0.3, 0.4) is 0 Å². The number of carboxylic acid groups (broad SMARTS) is 1. The van der Waals surface area contributed by atoms with Crippen molar-refractivity contribution in [3.8, 4) is 11.1 Å². The number of carboxylic acids is 1. The zero-order valence-electron chi connectivity index (χ0n) is 19.1. The number of fused-ring (bicyclic) bond motifs is 4. The number of rotatable bonds is 6. The van der Waals surface area contributed by atoms with Crippen LogP contribution in [0.15, 0.2) is 71.7 Å². The molecule has 0 aliphatic heterocycles. The van der Waals surface area contributed by atoms with Crippen LogP contribution in [-0.4, -0.2) is 39.6 Å². The molecular weight excluding hydrogens is 460 g/mol. The number of hydrogen-bond donors (Lipinski definition) is 3. The summed E-state index contributed by atoms with van der Waals surface area (Å²) in [5.74, 6) is -2.26. The summed E-state index contributed by atoms with van der Waals surface area (Å²) in [5, 5.41) is 12.0. The molecule has 8 nitrogen and oxygen atoms in total. The molecule has 8 heteroatoms. The Morgan fingerprint density at radius 3 is 2.39 bits per heavy atom. The van der Waals surface area contributed by atoms with Gasteiger partial charge in [0.15, 0.2) is 11.6 Å². The normalized spacial score (nSPS) is 12.6. The third-order valence-corrected chi connectivity index (χ3v) is 6.37. The highest BCUT2D eigenvalue weighted by Gasteiger charge is 2.27. The van der Waals surface area contributed by atoms with E-state index in [4.69, 9.17) is 5.11 Å². The monoisotopic (exact) mass is 480 g/mol. The van der Waals surface area contributed by atoms with Crippen LogP contribution in [0.25, 0.3) is 22.0 Å². The molecule has 1 atom stereocenters. The Kier molecular flexibility index (Phi) is 5.56. The van der Waals surface area contributed by atoms with Crippen molar-refractivity contribution >= 4 is 34.3 Å². The SMILES string of the molecule is C[C@H](NC(=O)c1ccc2c(c1)C(=O)c1ccccc1-2)C(=O)Cc1ccc2[nH]cc(C(=O)O)c(=O)c2c1. The molecule has 0 spiro atoms. The third kappa shape index (κ3) is 3.88. The second-order valence-corrected chi connectivity index (χ2v) is 8.69. The number of aromatic carboxylic acids is 1. The van der Waals surface area contributed by atoms with Gasteiger partial charge < -0.3 is 15.4 Å². The molecule has 1 aliphatic carbocycles. The summed E-state index contributed by atoms with van der Waals surface area (Å²) in [6.45, 7) is 1.56. The fraction of sp³-hybridized carbons (Fsp3) is 0.107. The third-order valence-electron chi connectivity index (χ3n) is 6.37. The highest BCUT2D eigenvalue weighted by molar-refractivity contribution is 6.22. The van der Waals surface area contributed by atoms with Gasteiger partial charge in [0, 0.05) is 40.2 Å². The quantitative estimate of drug-likeness (QED) is 0.341. The number of aromatic amines is 1. The standard InChI is InChI=1S/C28H20N2O6/c1-14(24(31)11-15-6-9-23-21(10-15)26(33)22(13-29-23)28(35)36)30-27(34)16-7-8-18-17-4-2-3-5-19(17)25(32)20(18)12-16/h2-10,12-14H,11H2,1H3,(H,29,33)(H,30,34)(H,35,36)/t14-/m0/s1. The van der Waals surface area contributed by atoms with E-state index >= 15 is 0 Å². The highest BCUT2D eigenvalue weighted by Crippen LogP contribution is 2.36. The van der Waals surface area contributed by atoms with Crippen molar-refractivity contribution in [2.45, 2.75) is 19.4 Å². The Balaban J connectivity index is 1.31. The van der Waals surface area contributed by atoms with E-state index in [-0.39, 0.29) is 34.5 Å². The lowest BCUT2D eigenvalue weighted by atomic mass is 10.0. The van der Waals surface area contributed by atoms with Crippen LogP contribution in [0, 0.1) is 0 Å². The Labute approximate surface area is 204 Å². The molecule has 0 unspecified atom stereocenters. The van der Waals surface area contributed by atoms with Gasteiger partial charge in [-0.15, -0.1) is 0 Å². The van der Waals surface area contributed by atoms with Gasteiger partial charge >= 0.3 is 5.97 Å². The van der Waals surface area contributed by atoms with Crippen LogP contribution in [0.2, 0.25) is 0 Å². The molecule has 1 aliphatic rings. The van der Waals surface area contributed by atoms with E-state index in [1.54, 1.807) is 49.4 Å². The van der Waals surface area contributed by atoms with Crippen molar-refractivity contribution in [3.05, 3.63) is 105 Å². The average molecular weight is 480 g/mol. The van der Waals surface area contributed by atoms with Gasteiger partial charge in [-0.1, -0.05) is 36.4 Å². The first-order chi connectivity index (χ1) is 17.2. The van der Waals surface area contributed by atoms with E-state index in [1.807, 2.05) is 12.1 Å². The Bertz CT molecular complexity index is 1670. The summed E-state index contributed by atoms with van der Waals surface area (Å²) in [7, 11) is 0. The molecule has 5 rings (SSSR count). The average Bonchev–Trinajstić information content (AvgIpc) is 3.15. The summed E-state index contributed by atoms with van der Waals surface area (Å²) < 4.78 is 0. The van der Waals surface area contributed by atoms with Gasteiger partial charge in [0.1, 0.15) is 5.56 Å². The van der Waals surface area contributed by atoms with Crippen molar-refractivity contribution in [1.82, 2.24) is 10.3 Å². The molecule has 178 valence electrons. The highest BCUT2D eigenvalue weighted by atomic mass is 16.4.